The number of aromatic nitrogens is 3. The molecule has 0 aliphatic heterocycles. The monoisotopic (exact) mass is 256 g/mol. The number of nitrogens with zero attached hydrogens (tertiary/aromatic N) is 2. The maximum atomic E-state index is 10.9. The summed E-state index contributed by atoms with van der Waals surface area (Å²) in [6.45, 7) is 0. The third-order valence-corrected chi connectivity index (χ3v) is 2.60. The Morgan fingerprint density at radius 2 is 2.12 bits per heavy atom. The number of H-pyrrole nitrogens is 1. The Hall–Kier alpha value is -1.59. The van der Waals surface area contributed by atoms with Crippen molar-refractivity contribution in [1.29, 1.82) is 0 Å². The lowest BCUT2D eigenvalue weighted by molar-refractivity contribution is 0.919. The number of anilines is 2. The average Bonchev–Trinajstić information content (AvgIpc) is 2.25. The van der Waals surface area contributed by atoms with Crippen molar-refractivity contribution in [3.05, 3.63) is 44.9 Å². The summed E-state index contributed by atoms with van der Waals surface area (Å²) in [5.41, 5.74) is 0.0252. The second-order valence-electron chi connectivity index (χ2n) is 2.90. The van der Waals surface area contributed by atoms with Crippen molar-refractivity contribution in [3.63, 3.8) is 0 Å². The van der Waals surface area contributed by atoms with Crippen molar-refractivity contribution in [2.24, 2.45) is 0 Å². The Bertz CT molecular complexity index is 569. The van der Waals surface area contributed by atoms with E-state index < -0.39 is 5.69 Å². The molecule has 82 valence electrons. The van der Waals surface area contributed by atoms with Gasteiger partial charge < -0.3 is 5.32 Å². The first kappa shape index (κ1) is 10.9. The van der Waals surface area contributed by atoms with Gasteiger partial charge in [-0.25, -0.2) is 9.89 Å². The first-order valence-electron chi connectivity index (χ1n) is 4.29. The normalized spacial score (nSPS) is 10.1. The minimum absolute atomic E-state index is 0.299. The summed E-state index contributed by atoms with van der Waals surface area (Å²) < 4.78 is 0. The molecule has 0 spiro atoms. The van der Waals surface area contributed by atoms with Gasteiger partial charge in [-0.15, -0.1) is 0 Å². The predicted molar refractivity (Wildman–Crippen MR) is 62.4 cm³/mol. The van der Waals surface area contributed by atoms with Gasteiger partial charge in [0.25, 0.3) is 0 Å². The molecular formula is C9H6Cl2N4O. The lowest BCUT2D eigenvalue weighted by Gasteiger charge is -2.06. The summed E-state index contributed by atoms with van der Waals surface area (Å²) in [6, 6.07) is 5.12. The van der Waals surface area contributed by atoms with Gasteiger partial charge in [0.15, 0.2) is 5.82 Å². The highest BCUT2D eigenvalue weighted by atomic mass is 35.5. The summed E-state index contributed by atoms with van der Waals surface area (Å²) in [5, 5.41) is 9.39. The van der Waals surface area contributed by atoms with Crippen LogP contribution in [0.4, 0.5) is 11.5 Å². The van der Waals surface area contributed by atoms with Gasteiger partial charge in [-0.2, -0.15) is 10.1 Å². The highest BCUT2D eigenvalue weighted by molar-refractivity contribution is 6.43. The Labute approximate surface area is 100 Å². The van der Waals surface area contributed by atoms with Gasteiger partial charge >= 0.3 is 5.69 Å². The molecule has 0 amide bonds. The van der Waals surface area contributed by atoms with Crippen LogP contribution in [0.15, 0.2) is 29.2 Å². The molecule has 0 fully saturated rings. The number of hydrogen-bond acceptors (Lipinski definition) is 4. The third-order valence-electron chi connectivity index (χ3n) is 1.78. The summed E-state index contributed by atoms with van der Waals surface area (Å²) in [4.78, 5) is 14.6. The SMILES string of the molecule is O=c1nc(Nc2cccc(Cl)c2Cl)cn[nH]1. The maximum Gasteiger partial charge on any atom is 0.363 e. The van der Waals surface area contributed by atoms with E-state index in [1.54, 1.807) is 18.2 Å². The molecule has 0 unspecified atom stereocenters. The summed E-state index contributed by atoms with van der Waals surface area (Å²) in [7, 11) is 0. The van der Waals surface area contributed by atoms with Crippen LogP contribution in [-0.4, -0.2) is 15.2 Å². The standard InChI is InChI=1S/C9H6Cl2N4O/c10-5-2-1-3-6(8(5)11)13-7-4-12-15-9(16)14-7/h1-4H,(H2,13,14,15,16). The van der Waals surface area contributed by atoms with Crippen LogP contribution in [-0.2, 0) is 0 Å². The lowest BCUT2D eigenvalue weighted by atomic mass is 10.3. The van der Waals surface area contributed by atoms with E-state index in [0.717, 1.165) is 0 Å². The average molecular weight is 257 g/mol. The first-order chi connectivity index (χ1) is 7.66. The molecule has 1 heterocycles. The zero-order valence-electron chi connectivity index (χ0n) is 7.87. The van der Waals surface area contributed by atoms with Crippen LogP contribution < -0.4 is 11.0 Å². The Balaban J connectivity index is 2.34. The topological polar surface area (TPSA) is 70.7 Å². The van der Waals surface area contributed by atoms with Crippen LogP contribution in [0.25, 0.3) is 0 Å². The van der Waals surface area contributed by atoms with Gasteiger partial charge in [0.2, 0.25) is 0 Å². The molecule has 0 radical (unpaired) electrons. The van der Waals surface area contributed by atoms with Crippen molar-refractivity contribution in [2.75, 3.05) is 5.32 Å². The number of benzene rings is 1. The summed E-state index contributed by atoms with van der Waals surface area (Å²) in [5.74, 6) is 0.299. The molecule has 1 aromatic carbocycles. The van der Waals surface area contributed by atoms with Crippen molar-refractivity contribution in [2.45, 2.75) is 0 Å². The second kappa shape index (κ2) is 4.51. The molecule has 1 aromatic heterocycles. The van der Waals surface area contributed by atoms with Crippen molar-refractivity contribution < 1.29 is 0 Å². The van der Waals surface area contributed by atoms with Crippen LogP contribution >= 0.6 is 23.2 Å². The molecule has 2 aromatic rings. The number of halogens is 2. The molecule has 2 rings (SSSR count). The molecule has 16 heavy (non-hydrogen) atoms. The molecule has 5 nitrogen and oxygen atoms in total. The van der Waals surface area contributed by atoms with Crippen LogP contribution in [0.5, 0.6) is 0 Å². The third kappa shape index (κ3) is 2.32. The van der Waals surface area contributed by atoms with E-state index in [1.807, 2.05) is 0 Å². The van der Waals surface area contributed by atoms with E-state index >= 15 is 0 Å². The van der Waals surface area contributed by atoms with Gasteiger partial charge in [-0.1, -0.05) is 29.3 Å². The highest BCUT2D eigenvalue weighted by Crippen LogP contribution is 2.30. The zero-order valence-corrected chi connectivity index (χ0v) is 9.38. The summed E-state index contributed by atoms with van der Waals surface area (Å²) >= 11 is 11.8. The number of nitrogens with one attached hydrogen (secondary N) is 2. The van der Waals surface area contributed by atoms with Gasteiger partial charge in [0.1, 0.15) is 0 Å². The number of hydrogen-bond donors (Lipinski definition) is 2. The smallest absolute Gasteiger partial charge is 0.337 e. The predicted octanol–water partition coefficient (Wildman–Crippen LogP) is 2.22. The minimum Gasteiger partial charge on any atom is -0.337 e. The molecule has 2 N–H and O–H groups in total. The molecule has 0 saturated heterocycles. The molecule has 0 bridgehead atoms. The number of aromatic amines is 1. The van der Waals surface area contributed by atoms with Gasteiger partial charge in [0.05, 0.1) is 21.9 Å². The second-order valence-corrected chi connectivity index (χ2v) is 3.68. The van der Waals surface area contributed by atoms with Crippen molar-refractivity contribution in [3.8, 4) is 0 Å². The van der Waals surface area contributed by atoms with Crippen LogP contribution in [0.3, 0.4) is 0 Å². The van der Waals surface area contributed by atoms with Gasteiger partial charge in [-0.3, -0.25) is 0 Å². The van der Waals surface area contributed by atoms with Crippen molar-refractivity contribution >= 4 is 34.7 Å². The maximum absolute atomic E-state index is 10.9. The molecule has 0 aliphatic rings. The quantitative estimate of drug-likeness (QED) is 0.865. The molecule has 7 heteroatoms. The van der Waals surface area contributed by atoms with E-state index in [2.05, 4.69) is 20.5 Å². The zero-order chi connectivity index (χ0) is 11.5. The van der Waals surface area contributed by atoms with Crippen molar-refractivity contribution in [1.82, 2.24) is 15.2 Å². The van der Waals surface area contributed by atoms with Gasteiger partial charge in [0, 0.05) is 0 Å². The Morgan fingerprint density at radius 3 is 2.88 bits per heavy atom. The van der Waals surface area contributed by atoms with Crippen LogP contribution in [0, 0.1) is 0 Å². The largest absolute Gasteiger partial charge is 0.363 e. The molecule has 0 saturated carbocycles. The first-order valence-corrected chi connectivity index (χ1v) is 5.05. The van der Waals surface area contributed by atoms with Gasteiger partial charge in [-0.05, 0) is 12.1 Å². The molecular weight excluding hydrogens is 251 g/mol. The van der Waals surface area contributed by atoms with E-state index in [0.29, 0.717) is 21.6 Å². The highest BCUT2D eigenvalue weighted by Gasteiger charge is 2.05. The molecule has 0 atom stereocenters. The Morgan fingerprint density at radius 1 is 1.31 bits per heavy atom. The minimum atomic E-state index is -0.539. The number of rotatable bonds is 2. The fourth-order valence-electron chi connectivity index (χ4n) is 1.11. The Kier molecular flexibility index (Phi) is 3.07. The van der Waals surface area contributed by atoms with E-state index in [4.69, 9.17) is 23.2 Å². The lowest BCUT2D eigenvalue weighted by Crippen LogP contribution is -2.13. The molecule has 0 aliphatic carbocycles. The van der Waals surface area contributed by atoms with E-state index in [1.165, 1.54) is 6.20 Å². The summed E-state index contributed by atoms with van der Waals surface area (Å²) in [6.07, 6.45) is 1.37. The fourth-order valence-corrected chi connectivity index (χ4v) is 1.46. The van der Waals surface area contributed by atoms with E-state index in [9.17, 15) is 4.79 Å². The van der Waals surface area contributed by atoms with Crippen LogP contribution in [0.2, 0.25) is 10.0 Å². The van der Waals surface area contributed by atoms with E-state index in [-0.39, 0.29) is 0 Å². The fraction of sp³-hybridized carbons (Fsp3) is 0. The van der Waals surface area contributed by atoms with Crippen LogP contribution in [0.1, 0.15) is 0 Å².